The molecule has 0 amide bonds. The van der Waals surface area contributed by atoms with Crippen LogP contribution < -0.4 is 10.5 Å². The number of aromatic nitrogens is 2. The van der Waals surface area contributed by atoms with Gasteiger partial charge in [0, 0.05) is 12.6 Å². The second kappa shape index (κ2) is 5.38. The predicted molar refractivity (Wildman–Crippen MR) is 60.8 cm³/mol. The normalized spacial score (nSPS) is 11.3. The van der Waals surface area contributed by atoms with Crippen LogP contribution in [0.5, 0.6) is 0 Å². The Morgan fingerprint density at radius 1 is 1.47 bits per heavy atom. The highest BCUT2D eigenvalue weighted by molar-refractivity contribution is 9.10. The number of nitrogens with two attached hydrogens (primary N) is 1. The van der Waals surface area contributed by atoms with Crippen molar-refractivity contribution in [3.63, 3.8) is 0 Å². The molecule has 0 saturated heterocycles. The number of primary sulfonamides is 1. The van der Waals surface area contributed by atoms with Gasteiger partial charge in [-0.3, -0.25) is 0 Å². The molecular formula is C7H11BrN4O2S. The maximum atomic E-state index is 10.6. The van der Waals surface area contributed by atoms with Crippen LogP contribution in [-0.4, -0.2) is 30.7 Å². The molecule has 0 radical (unpaired) electrons. The van der Waals surface area contributed by atoms with Crippen LogP contribution >= 0.6 is 15.9 Å². The Morgan fingerprint density at radius 2 is 2.20 bits per heavy atom. The van der Waals surface area contributed by atoms with E-state index in [1.807, 2.05) is 0 Å². The number of anilines is 1. The van der Waals surface area contributed by atoms with Crippen molar-refractivity contribution in [3.8, 4) is 0 Å². The van der Waals surface area contributed by atoms with Crippen LogP contribution in [0.3, 0.4) is 0 Å². The van der Waals surface area contributed by atoms with Crippen LogP contribution in [0.25, 0.3) is 0 Å². The van der Waals surface area contributed by atoms with E-state index in [9.17, 15) is 8.42 Å². The number of nitrogens with zero attached hydrogens (tertiary/aromatic N) is 2. The van der Waals surface area contributed by atoms with Crippen molar-refractivity contribution in [1.29, 1.82) is 0 Å². The monoisotopic (exact) mass is 294 g/mol. The van der Waals surface area contributed by atoms with Crippen LogP contribution in [0.15, 0.2) is 17.0 Å². The Hall–Kier alpha value is -0.730. The first kappa shape index (κ1) is 12.3. The smallest absolute Gasteiger partial charge is 0.209 e. The molecule has 84 valence electrons. The predicted octanol–water partition coefficient (Wildman–Crippen LogP) is 0.330. The van der Waals surface area contributed by atoms with Gasteiger partial charge in [0.05, 0.1) is 5.75 Å². The van der Waals surface area contributed by atoms with E-state index < -0.39 is 10.0 Å². The average Bonchev–Trinajstić information content (AvgIpc) is 2.11. The summed E-state index contributed by atoms with van der Waals surface area (Å²) in [6, 6.07) is 1.71. The molecule has 0 unspecified atom stereocenters. The molecule has 0 aliphatic heterocycles. The van der Waals surface area contributed by atoms with E-state index in [-0.39, 0.29) is 5.75 Å². The number of nitrogens with one attached hydrogen (secondary N) is 1. The minimum atomic E-state index is -3.37. The number of hydrogen-bond acceptors (Lipinski definition) is 5. The molecule has 1 heterocycles. The van der Waals surface area contributed by atoms with Crippen molar-refractivity contribution in [2.45, 2.75) is 6.42 Å². The van der Waals surface area contributed by atoms with Gasteiger partial charge in [-0.2, -0.15) is 0 Å². The summed E-state index contributed by atoms with van der Waals surface area (Å²) in [6.45, 7) is 0.500. The van der Waals surface area contributed by atoms with E-state index in [1.165, 1.54) is 6.33 Å². The first-order chi connectivity index (χ1) is 6.97. The number of rotatable bonds is 5. The lowest BCUT2D eigenvalue weighted by atomic mass is 10.4. The number of sulfonamides is 1. The van der Waals surface area contributed by atoms with Crippen molar-refractivity contribution in [2.75, 3.05) is 17.6 Å². The molecule has 1 aromatic rings. The minimum Gasteiger partial charge on any atom is -0.370 e. The lowest BCUT2D eigenvalue weighted by Gasteiger charge is -2.04. The van der Waals surface area contributed by atoms with Crippen LogP contribution in [0.1, 0.15) is 6.42 Å². The Labute approximate surface area is 96.5 Å². The molecule has 0 fully saturated rings. The zero-order valence-electron chi connectivity index (χ0n) is 7.85. The molecule has 6 nitrogen and oxygen atoms in total. The second-order valence-corrected chi connectivity index (χ2v) is 5.42. The van der Waals surface area contributed by atoms with Gasteiger partial charge in [-0.15, -0.1) is 0 Å². The average molecular weight is 295 g/mol. The zero-order valence-corrected chi connectivity index (χ0v) is 10.3. The summed E-state index contributed by atoms with van der Waals surface area (Å²) in [4.78, 5) is 7.80. The third-order valence-corrected chi connectivity index (χ3v) is 2.84. The highest BCUT2D eigenvalue weighted by Gasteiger charge is 2.01. The summed E-state index contributed by atoms with van der Waals surface area (Å²) < 4.78 is 21.9. The molecule has 8 heteroatoms. The maximum Gasteiger partial charge on any atom is 0.209 e. The SMILES string of the molecule is NS(=O)(=O)CCCNc1cc(Br)ncn1. The Kier molecular flexibility index (Phi) is 4.43. The van der Waals surface area contributed by atoms with Gasteiger partial charge < -0.3 is 5.32 Å². The van der Waals surface area contributed by atoms with Crippen molar-refractivity contribution >= 4 is 31.8 Å². The Balaban J connectivity index is 2.32. The van der Waals surface area contributed by atoms with Crippen molar-refractivity contribution in [2.24, 2.45) is 5.14 Å². The summed E-state index contributed by atoms with van der Waals surface area (Å²) in [5, 5.41) is 7.81. The quantitative estimate of drug-likeness (QED) is 0.602. The summed E-state index contributed by atoms with van der Waals surface area (Å²) >= 11 is 3.20. The molecule has 0 aliphatic rings. The van der Waals surface area contributed by atoms with Gasteiger partial charge in [0.25, 0.3) is 0 Å². The molecule has 0 aliphatic carbocycles. The van der Waals surface area contributed by atoms with Gasteiger partial charge in [0.15, 0.2) is 0 Å². The maximum absolute atomic E-state index is 10.6. The highest BCUT2D eigenvalue weighted by atomic mass is 79.9. The molecular weight excluding hydrogens is 284 g/mol. The lowest BCUT2D eigenvalue weighted by Crippen LogP contribution is -2.18. The van der Waals surface area contributed by atoms with E-state index in [4.69, 9.17) is 5.14 Å². The molecule has 0 saturated carbocycles. The van der Waals surface area contributed by atoms with Gasteiger partial charge in [-0.1, -0.05) is 0 Å². The number of halogens is 1. The molecule has 1 rings (SSSR count). The van der Waals surface area contributed by atoms with E-state index >= 15 is 0 Å². The summed E-state index contributed by atoms with van der Waals surface area (Å²) in [6.07, 6.45) is 1.85. The third kappa shape index (κ3) is 5.65. The van der Waals surface area contributed by atoms with Crippen LogP contribution in [-0.2, 0) is 10.0 Å². The summed E-state index contributed by atoms with van der Waals surface area (Å²) in [5.41, 5.74) is 0. The van der Waals surface area contributed by atoms with Crippen LogP contribution in [0.4, 0.5) is 5.82 Å². The summed E-state index contributed by atoms with van der Waals surface area (Å²) in [7, 11) is -3.37. The van der Waals surface area contributed by atoms with Gasteiger partial charge in [-0.25, -0.2) is 23.5 Å². The van der Waals surface area contributed by atoms with Crippen molar-refractivity contribution in [3.05, 3.63) is 17.0 Å². The molecule has 0 atom stereocenters. The molecule has 15 heavy (non-hydrogen) atoms. The van der Waals surface area contributed by atoms with Crippen LogP contribution in [0, 0.1) is 0 Å². The van der Waals surface area contributed by atoms with E-state index in [0.29, 0.717) is 23.4 Å². The molecule has 3 N–H and O–H groups in total. The topological polar surface area (TPSA) is 98.0 Å². The van der Waals surface area contributed by atoms with Gasteiger partial charge in [0.2, 0.25) is 10.0 Å². The Bertz CT molecular complexity index is 423. The van der Waals surface area contributed by atoms with Crippen LogP contribution in [0.2, 0.25) is 0 Å². The molecule has 1 aromatic heterocycles. The fraction of sp³-hybridized carbons (Fsp3) is 0.429. The largest absolute Gasteiger partial charge is 0.370 e. The first-order valence-electron chi connectivity index (χ1n) is 4.19. The van der Waals surface area contributed by atoms with E-state index in [2.05, 4.69) is 31.2 Å². The fourth-order valence-corrected chi connectivity index (χ4v) is 1.78. The van der Waals surface area contributed by atoms with Gasteiger partial charge in [0.1, 0.15) is 16.7 Å². The second-order valence-electron chi connectivity index (χ2n) is 2.87. The molecule has 0 bridgehead atoms. The number of hydrogen-bond donors (Lipinski definition) is 2. The molecule has 0 aromatic carbocycles. The van der Waals surface area contributed by atoms with E-state index in [0.717, 1.165) is 0 Å². The lowest BCUT2D eigenvalue weighted by molar-refractivity contribution is 0.595. The van der Waals surface area contributed by atoms with Gasteiger partial charge >= 0.3 is 0 Å². The minimum absolute atomic E-state index is 0.0355. The highest BCUT2D eigenvalue weighted by Crippen LogP contribution is 2.09. The van der Waals surface area contributed by atoms with Crippen molar-refractivity contribution < 1.29 is 8.42 Å². The van der Waals surface area contributed by atoms with Gasteiger partial charge in [-0.05, 0) is 22.4 Å². The molecule has 0 spiro atoms. The summed E-state index contributed by atoms with van der Waals surface area (Å²) in [5.74, 6) is 0.609. The Morgan fingerprint density at radius 3 is 2.80 bits per heavy atom. The third-order valence-electron chi connectivity index (χ3n) is 1.55. The fourth-order valence-electron chi connectivity index (χ4n) is 0.920. The zero-order chi connectivity index (χ0) is 11.3. The standard InChI is InChI=1S/C7H11BrN4O2S/c8-6-4-7(12-5-11-6)10-2-1-3-15(9,13)14/h4-5H,1-3H2,(H2,9,13,14)(H,10,11,12). The van der Waals surface area contributed by atoms with Crippen molar-refractivity contribution in [1.82, 2.24) is 9.97 Å². The first-order valence-corrected chi connectivity index (χ1v) is 6.70. The van der Waals surface area contributed by atoms with E-state index in [1.54, 1.807) is 6.07 Å².